The van der Waals surface area contributed by atoms with E-state index in [1.807, 2.05) is 13.0 Å². The summed E-state index contributed by atoms with van der Waals surface area (Å²) in [5.74, 6) is -0.409. The van der Waals surface area contributed by atoms with Gasteiger partial charge in [0.2, 0.25) is 0 Å². The predicted octanol–water partition coefficient (Wildman–Crippen LogP) is 2.15. The molecule has 4 heteroatoms. The van der Waals surface area contributed by atoms with Crippen LogP contribution in [0.1, 0.15) is 26.2 Å². The van der Waals surface area contributed by atoms with Gasteiger partial charge in [-0.15, -0.1) is 6.58 Å². The van der Waals surface area contributed by atoms with E-state index in [0.717, 1.165) is 12.0 Å². The van der Waals surface area contributed by atoms with E-state index in [1.165, 1.54) is 0 Å². The number of aliphatic hydroxyl groups is 1. The van der Waals surface area contributed by atoms with Crippen molar-refractivity contribution in [3.63, 3.8) is 0 Å². The van der Waals surface area contributed by atoms with Gasteiger partial charge in [-0.1, -0.05) is 24.8 Å². The van der Waals surface area contributed by atoms with Crippen molar-refractivity contribution in [3.8, 4) is 0 Å². The van der Waals surface area contributed by atoms with Gasteiger partial charge in [0, 0.05) is 11.5 Å². The third kappa shape index (κ3) is 2.72. The third-order valence-electron chi connectivity index (χ3n) is 4.17. The Hall–Kier alpha value is -1.39. The van der Waals surface area contributed by atoms with Crippen molar-refractivity contribution in [1.82, 2.24) is 0 Å². The summed E-state index contributed by atoms with van der Waals surface area (Å²) >= 11 is 0. The highest BCUT2D eigenvalue weighted by atomic mass is 16.6. The maximum atomic E-state index is 11.7. The number of carbonyl (C=O) groups excluding carboxylic acids is 1. The molecule has 0 radical (unpaired) electrons. The lowest BCUT2D eigenvalue weighted by molar-refractivity contribution is -0.140. The topological polar surface area (TPSA) is 59.1 Å². The quantitative estimate of drug-likeness (QED) is 0.335. The summed E-state index contributed by atoms with van der Waals surface area (Å²) in [6.45, 7) is 13.3. The molecule has 4 atom stereocenters. The summed E-state index contributed by atoms with van der Waals surface area (Å²) in [5.41, 5.74) is 0.961. The highest BCUT2D eigenvalue weighted by Crippen LogP contribution is 2.48. The number of rotatable bonds is 7. The Morgan fingerprint density at radius 2 is 2.25 bits per heavy atom. The van der Waals surface area contributed by atoms with Crippen molar-refractivity contribution in [3.05, 3.63) is 37.0 Å². The minimum absolute atomic E-state index is 0.0349. The van der Waals surface area contributed by atoms with Gasteiger partial charge in [0.1, 0.15) is 12.2 Å². The first-order chi connectivity index (χ1) is 9.42. The van der Waals surface area contributed by atoms with Gasteiger partial charge in [0.05, 0.1) is 12.2 Å². The third-order valence-corrected chi connectivity index (χ3v) is 4.17. The van der Waals surface area contributed by atoms with Gasteiger partial charge in [-0.25, -0.2) is 4.79 Å². The Morgan fingerprint density at radius 3 is 2.85 bits per heavy atom. The van der Waals surface area contributed by atoms with Gasteiger partial charge in [-0.3, -0.25) is 0 Å². The minimum atomic E-state index is -0.342. The van der Waals surface area contributed by atoms with Gasteiger partial charge < -0.3 is 14.6 Å². The normalized spacial score (nSPS) is 35.8. The molecule has 0 saturated carbocycles. The molecular weight excluding hydrogens is 256 g/mol. The van der Waals surface area contributed by atoms with E-state index in [1.54, 1.807) is 0 Å². The molecule has 0 aromatic heterocycles. The molecule has 2 aliphatic heterocycles. The van der Waals surface area contributed by atoms with Crippen LogP contribution in [-0.2, 0) is 14.3 Å². The fourth-order valence-electron chi connectivity index (χ4n) is 2.80. The summed E-state index contributed by atoms with van der Waals surface area (Å²) in [7, 11) is 0. The molecule has 0 unspecified atom stereocenters. The van der Waals surface area contributed by atoms with E-state index >= 15 is 0 Å². The summed E-state index contributed by atoms with van der Waals surface area (Å²) in [4.78, 5) is 11.7. The van der Waals surface area contributed by atoms with Crippen LogP contribution in [0.4, 0.5) is 0 Å². The van der Waals surface area contributed by atoms with Gasteiger partial charge in [0.25, 0.3) is 0 Å². The number of cyclic esters (lactones) is 1. The van der Waals surface area contributed by atoms with Crippen molar-refractivity contribution in [2.45, 2.75) is 44.0 Å². The average molecular weight is 278 g/mol. The Morgan fingerprint density at radius 1 is 1.55 bits per heavy atom. The van der Waals surface area contributed by atoms with Gasteiger partial charge in [0.15, 0.2) is 0 Å². The van der Waals surface area contributed by atoms with Crippen LogP contribution in [0.3, 0.4) is 0 Å². The SMILES string of the molecule is C=CC[C@@]1(C)O[C@@H]1[C@H]1OC(=O)C(=C)[C@@H]1CCC(=C)CO. The smallest absolute Gasteiger partial charge is 0.334 e. The molecule has 2 aliphatic rings. The van der Waals surface area contributed by atoms with E-state index in [-0.39, 0.29) is 36.3 Å². The van der Waals surface area contributed by atoms with E-state index in [2.05, 4.69) is 19.7 Å². The fourth-order valence-corrected chi connectivity index (χ4v) is 2.80. The molecule has 4 nitrogen and oxygen atoms in total. The second kappa shape index (κ2) is 5.54. The van der Waals surface area contributed by atoms with Crippen LogP contribution in [0, 0.1) is 5.92 Å². The maximum absolute atomic E-state index is 11.7. The van der Waals surface area contributed by atoms with E-state index in [0.29, 0.717) is 18.4 Å². The van der Waals surface area contributed by atoms with Crippen LogP contribution in [0.15, 0.2) is 37.0 Å². The molecule has 2 heterocycles. The monoisotopic (exact) mass is 278 g/mol. The van der Waals surface area contributed by atoms with Crippen molar-refractivity contribution in [2.24, 2.45) is 5.92 Å². The number of aliphatic hydroxyl groups excluding tert-OH is 1. The van der Waals surface area contributed by atoms with Crippen molar-refractivity contribution in [2.75, 3.05) is 6.61 Å². The van der Waals surface area contributed by atoms with Gasteiger partial charge in [-0.2, -0.15) is 0 Å². The number of hydrogen-bond acceptors (Lipinski definition) is 4. The van der Waals surface area contributed by atoms with E-state index in [4.69, 9.17) is 14.6 Å². The largest absolute Gasteiger partial charge is 0.455 e. The van der Waals surface area contributed by atoms with Crippen LogP contribution in [-0.4, -0.2) is 35.5 Å². The summed E-state index contributed by atoms with van der Waals surface area (Å²) in [6, 6.07) is 0. The lowest BCUT2D eigenvalue weighted by Gasteiger charge is -2.17. The average Bonchev–Trinajstić information content (AvgIpc) is 2.99. The summed E-state index contributed by atoms with van der Waals surface area (Å²) in [5, 5.41) is 9.01. The van der Waals surface area contributed by atoms with Gasteiger partial charge in [-0.05, 0) is 26.2 Å². The molecular formula is C16H22O4. The second-order valence-corrected chi connectivity index (χ2v) is 5.79. The van der Waals surface area contributed by atoms with Crippen LogP contribution in [0.2, 0.25) is 0 Å². The number of epoxide rings is 1. The van der Waals surface area contributed by atoms with Crippen molar-refractivity contribution >= 4 is 5.97 Å². The van der Waals surface area contributed by atoms with Gasteiger partial charge >= 0.3 is 5.97 Å². The van der Waals surface area contributed by atoms with Crippen LogP contribution < -0.4 is 0 Å². The minimum Gasteiger partial charge on any atom is -0.455 e. The Bertz CT molecular complexity index is 453. The standard InChI is InChI=1S/C16H22O4/c1-5-8-16(4)14(20-16)13-12(7-6-10(2)9-17)11(3)15(18)19-13/h5,12-14,17H,1-3,6-9H2,4H3/t12-,13-,14+,16+/m0/s1. The molecule has 2 saturated heterocycles. The molecule has 20 heavy (non-hydrogen) atoms. The Labute approximate surface area is 119 Å². The zero-order chi connectivity index (χ0) is 14.9. The Kier molecular flexibility index (Phi) is 4.16. The molecule has 0 aromatic carbocycles. The molecule has 110 valence electrons. The molecule has 0 spiro atoms. The van der Waals surface area contributed by atoms with Crippen molar-refractivity contribution in [1.29, 1.82) is 0 Å². The first-order valence-corrected chi connectivity index (χ1v) is 6.89. The van der Waals surface area contributed by atoms with E-state index in [9.17, 15) is 4.79 Å². The molecule has 0 amide bonds. The maximum Gasteiger partial charge on any atom is 0.334 e. The lowest BCUT2D eigenvalue weighted by Crippen LogP contribution is -2.28. The number of esters is 1. The van der Waals surface area contributed by atoms with E-state index < -0.39 is 0 Å². The molecule has 2 rings (SSSR count). The molecule has 0 bridgehead atoms. The summed E-state index contributed by atoms with van der Waals surface area (Å²) < 4.78 is 11.2. The fraction of sp³-hybridized carbons (Fsp3) is 0.562. The molecule has 0 aliphatic carbocycles. The highest BCUT2D eigenvalue weighted by Gasteiger charge is 2.61. The highest BCUT2D eigenvalue weighted by molar-refractivity contribution is 5.91. The van der Waals surface area contributed by atoms with Crippen LogP contribution in [0.5, 0.6) is 0 Å². The number of hydrogen-bond donors (Lipinski definition) is 1. The lowest BCUT2D eigenvalue weighted by atomic mass is 9.86. The van der Waals surface area contributed by atoms with Crippen molar-refractivity contribution < 1.29 is 19.4 Å². The second-order valence-electron chi connectivity index (χ2n) is 5.79. The summed E-state index contributed by atoms with van der Waals surface area (Å²) in [6.07, 6.45) is 3.50. The Balaban J connectivity index is 2.03. The first kappa shape index (κ1) is 15.0. The zero-order valence-electron chi connectivity index (χ0n) is 11.9. The molecule has 0 aromatic rings. The first-order valence-electron chi connectivity index (χ1n) is 6.89. The molecule has 1 N–H and O–H groups in total. The predicted molar refractivity (Wildman–Crippen MR) is 76.1 cm³/mol. The molecule has 2 fully saturated rings. The zero-order valence-corrected chi connectivity index (χ0v) is 11.9. The van der Waals surface area contributed by atoms with Crippen LogP contribution >= 0.6 is 0 Å². The number of carbonyl (C=O) groups is 1. The number of ether oxygens (including phenoxy) is 2. The van der Waals surface area contributed by atoms with Crippen LogP contribution in [0.25, 0.3) is 0 Å².